The van der Waals surface area contributed by atoms with Crippen molar-refractivity contribution in [2.24, 2.45) is 0 Å². The van der Waals surface area contributed by atoms with E-state index in [4.69, 9.17) is 4.74 Å². The zero-order valence-corrected chi connectivity index (χ0v) is 48.7. The molecule has 3 N–H and O–H groups in total. The van der Waals surface area contributed by atoms with E-state index in [0.29, 0.717) is 32.3 Å². The number of carbonyl (C=O) groups is 2. The maximum absolute atomic E-state index is 12.5. The number of ether oxygens (including phenoxy) is 1. The predicted molar refractivity (Wildman–Crippen MR) is 315 cm³/mol. The summed E-state index contributed by atoms with van der Waals surface area (Å²) in [6, 6.07) is -0.586. The van der Waals surface area contributed by atoms with Gasteiger partial charge in [0, 0.05) is 12.8 Å². The topological polar surface area (TPSA) is 95.9 Å². The summed E-state index contributed by atoms with van der Waals surface area (Å²) in [6.45, 7) is 4.93. The Balaban J connectivity index is 3.49. The van der Waals surface area contributed by atoms with E-state index in [-0.39, 0.29) is 18.5 Å². The molecule has 0 spiro atoms. The molecular weight excluding hydrogens is 887 g/mol. The van der Waals surface area contributed by atoms with Crippen LogP contribution in [0.2, 0.25) is 0 Å². The number of aliphatic hydroxyl groups is 2. The number of amides is 1. The summed E-state index contributed by atoms with van der Waals surface area (Å²) in [6.07, 6.45) is 76.4. The van der Waals surface area contributed by atoms with Gasteiger partial charge < -0.3 is 20.3 Å². The highest BCUT2D eigenvalue weighted by molar-refractivity contribution is 5.76. The van der Waals surface area contributed by atoms with Crippen LogP contribution in [0, 0.1) is 0 Å². The maximum Gasteiger partial charge on any atom is 0.305 e. The van der Waals surface area contributed by atoms with Crippen molar-refractivity contribution < 1.29 is 24.5 Å². The van der Waals surface area contributed by atoms with Crippen LogP contribution in [-0.2, 0) is 14.3 Å². The maximum atomic E-state index is 12.5. The highest BCUT2D eigenvalue weighted by atomic mass is 16.5. The number of carbonyl (C=O) groups excluding carboxylic acids is 2. The van der Waals surface area contributed by atoms with Crippen molar-refractivity contribution in [1.29, 1.82) is 0 Å². The molecule has 2 atom stereocenters. The fourth-order valence-corrected chi connectivity index (χ4v) is 10.3. The van der Waals surface area contributed by atoms with E-state index in [2.05, 4.69) is 43.5 Å². The molecule has 0 aliphatic rings. The van der Waals surface area contributed by atoms with Gasteiger partial charge in [-0.05, 0) is 44.9 Å². The lowest BCUT2D eigenvalue weighted by molar-refractivity contribution is -0.143. The Hall–Kier alpha value is -1.66. The van der Waals surface area contributed by atoms with E-state index in [9.17, 15) is 19.8 Å². The van der Waals surface area contributed by atoms with Gasteiger partial charge in [0.2, 0.25) is 5.91 Å². The SMILES string of the molecule is CCCCCCCCCCCCCCCCCCCCCCCCCC(O)C(CO)NC(=O)CC/C=C\C/C=C\CCCCCCCCOC(=O)CCCCCCCCCCCCCCCCCCCCC. The van der Waals surface area contributed by atoms with E-state index >= 15 is 0 Å². The number of allylic oxidation sites excluding steroid dienone is 4. The highest BCUT2D eigenvalue weighted by Crippen LogP contribution is 2.18. The zero-order chi connectivity index (χ0) is 52.2. The van der Waals surface area contributed by atoms with Crippen LogP contribution in [0.1, 0.15) is 361 Å². The molecule has 0 rings (SSSR count). The van der Waals surface area contributed by atoms with Crippen LogP contribution in [0.25, 0.3) is 0 Å². The van der Waals surface area contributed by atoms with Crippen LogP contribution in [-0.4, -0.2) is 47.4 Å². The second kappa shape index (κ2) is 61.9. The van der Waals surface area contributed by atoms with E-state index in [0.717, 1.165) is 51.4 Å². The molecule has 0 saturated heterocycles. The first kappa shape index (κ1) is 70.3. The third-order valence-electron chi connectivity index (χ3n) is 15.3. The molecule has 0 bridgehead atoms. The first-order valence-electron chi connectivity index (χ1n) is 32.6. The van der Waals surface area contributed by atoms with Gasteiger partial charge in [0.15, 0.2) is 0 Å². The lowest BCUT2D eigenvalue weighted by atomic mass is 10.0. The van der Waals surface area contributed by atoms with E-state index in [1.54, 1.807) is 0 Å². The average Bonchev–Trinajstić information content (AvgIpc) is 3.38. The van der Waals surface area contributed by atoms with Crippen LogP contribution < -0.4 is 5.32 Å². The largest absolute Gasteiger partial charge is 0.466 e. The fourth-order valence-electron chi connectivity index (χ4n) is 10.3. The van der Waals surface area contributed by atoms with Crippen LogP contribution in [0.15, 0.2) is 24.3 Å². The van der Waals surface area contributed by atoms with Gasteiger partial charge in [0.25, 0.3) is 0 Å². The molecule has 0 aliphatic heterocycles. The predicted octanol–water partition coefficient (Wildman–Crippen LogP) is 20.6. The van der Waals surface area contributed by atoms with Gasteiger partial charge >= 0.3 is 5.97 Å². The Bertz CT molecular complexity index is 1120. The Labute approximate surface area is 450 Å². The summed E-state index contributed by atoms with van der Waals surface area (Å²) in [5, 5.41) is 23.3. The van der Waals surface area contributed by atoms with Gasteiger partial charge in [-0.3, -0.25) is 9.59 Å². The van der Waals surface area contributed by atoms with Crippen LogP contribution >= 0.6 is 0 Å². The van der Waals surface area contributed by atoms with E-state index < -0.39 is 12.1 Å². The number of aliphatic hydroxyl groups excluding tert-OH is 2. The molecule has 0 aliphatic carbocycles. The molecule has 1 amide bonds. The van der Waals surface area contributed by atoms with Gasteiger partial charge in [-0.1, -0.05) is 327 Å². The smallest absolute Gasteiger partial charge is 0.305 e. The molecule has 6 nitrogen and oxygen atoms in total. The van der Waals surface area contributed by atoms with E-state index in [1.807, 2.05) is 0 Å². The van der Waals surface area contributed by atoms with E-state index in [1.165, 1.54) is 270 Å². The molecule has 0 radical (unpaired) electrons. The minimum absolute atomic E-state index is 0.0111. The summed E-state index contributed by atoms with van der Waals surface area (Å²) < 4.78 is 5.48. The number of hydrogen-bond donors (Lipinski definition) is 3. The summed E-state index contributed by atoms with van der Waals surface area (Å²) in [7, 11) is 0. The summed E-state index contributed by atoms with van der Waals surface area (Å²) in [5.74, 6) is -0.122. The molecule has 426 valence electrons. The summed E-state index contributed by atoms with van der Waals surface area (Å²) >= 11 is 0. The number of rotatable bonds is 61. The Morgan fingerprint density at radius 1 is 0.389 bits per heavy atom. The number of hydrogen-bond acceptors (Lipinski definition) is 5. The molecule has 6 heteroatoms. The molecule has 72 heavy (non-hydrogen) atoms. The molecule has 0 heterocycles. The molecule has 0 fully saturated rings. The van der Waals surface area contributed by atoms with Crippen LogP contribution in [0.4, 0.5) is 0 Å². The summed E-state index contributed by atoms with van der Waals surface area (Å²) in [4.78, 5) is 24.6. The molecule has 0 aromatic rings. The fraction of sp³-hybridized carbons (Fsp3) is 0.909. The lowest BCUT2D eigenvalue weighted by Gasteiger charge is -2.22. The average molecular weight is 1010 g/mol. The van der Waals surface area contributed by atoms with Crippen LogP contribution in [0.3, 0.4) is 0 Å². The first-order chi connectivity index (χ1) is 35.5. The van der Waals surface area contributed by atoms with Gasteiger partial charge in [-0.15, -0.1) is 0 Å². The molecular formula is C66H127NO5. The number of unbranched alkanes of at least 4 members (excludes halogenated alkanes) is 46. The van der Waals surface area contributed by atoms with Crippen molar-refractivity contribution >= 4 is 11.9 Å². The van der Waals surface area contributed by atoms with Crippen molar-refractivity contribution in [3.8, 4) is 0 Å². The first-order valence-corrected chi connectivity index (χ1v) is 32.6. The van der Waals surface area contributed by atoms with Crippen molar-refractivity contribution in [2.45, 2.75) is 373 Å². The molecule has 2 unspecified atom stereocenters. The Morgan fingerprint density at radius 2 is 0.708 bits per heavy atom. The third-order valence-corrected chi connectivity index (χ3v) is 15.3. The van der Waals surface area contributed by atoms with Gasteiger partial charge in [-0.2, -0.15) is 0 Å². The summed E-state index contributed by atoms with van der Waals surface area (Å²) in [5.41, 5.74) is 0. The van der Waals surface area contributed by atoms with Crippen LogP contribution in [0.5, 0.6) is 0 Å². The number of esters is 1. The van der Waals surface area contributed by atoms with Gasteiger partial charge in [-0.25, -0.2) is 0 Å². The van der Waals surface area contributed by atoms with Crippen molar-refractivity contribution in [1.82, 2.24) is 5.32 Å². The second-order valence-corrected chi connectivity index (χ2v) is 22.5. The van der Waals surface area contributed by atoms with Gasteiger partial charge in [0.1, 0.15) is 0 Å². The second-order valence-electron chi connectivity index (χ2n) is 22.5. The molecule has 0 saturated carbocycles. The number of nitrogens with one attached hydrogen (secondary N) is 1. The van der Waals surface area contributed by atoms with Gasteiger partial charge in [0.05, 0.1) is 25.4 Å². The minimum atomic E-state index is -0.700. The Kier molecular flexibility index (Phi) is 60.5. The third kappa shape index (κ3) is 57.6. The van der Waals surface area contributed by atoms with Crippen molar-refractivity contribution in [2.75, 3.05) is 13.2 Å². The quantitative estimate of drug-likeness (QED) is 0.0320. The molecule has 0 aromatic heterocycles. The normalized spacial score (nSPS) is 12.7. The lowest BCUT2D eigenvalue weighted by Crippen LogP contribution is -2.45. The van der Waals surface area contributed by atoms with Crippen molar-refractivity contribution in [3.63, 3.8) is 0 Å². The zero-order valence-electron chi connectivity index (χ0n) is 48.7. The molecule has 0 aromatic carbocycles. The minimum Gasteiger partial charge on any atom is -0.466 e. The Morgan fingerprint density at radius 3 is 1.08 bits per heavy atom. The standard InChI is InChI=1S/C66H127NO5/c1-3-5-7-9-11-13-15-17-19-21-23-24-25-26-28-29-31-34-38-42-46-50-54-58-64(69)63(62-68)67-65(70)59-55-51-47-43-39-35-33-37-41-45-49-53-57-61-72-66(71)60-56-52-48-44-40-36-32-30-27-22-20-18-16-14-12-10-8-6-4-2/h35,39,47,51,63-64,68-69H,3-34,36-38,40-46,48-50,52-62H2,1-2H3,(H,67,70)/b39-35-,51-47-. The van der Waals surface area contributed by atoms with Crippen molar-refractivity contribution in [3.05, 3.63) is 24.3 Å². The highest BCUT2D eigenvalue weighted by Gasteiger charge is 2.20. The monoisotopic (exact) mass is 1010 g/mol.